The highest BCUT2D eigenvalue weighted by Gasteiger charge is 2.64. The quantitative estimate of drug-likeness (QED) is 0.145. The molecule has 0 amide bonds. The number of fused-ring (bicyclic) bond motifs is 4. The Bertz CT molecular complexity index is 2820. The van der Waals surface area contributed by atoms with Crippen LogP contribution in [-0.4, -0.2) is 50.0 Å². The van der Waals surface area contributed by atoms with Crippen LogP contribution in [0.1, 0.15) is 44.5 Å². The van der Waals surface area contributed by atoms with Gasteiger partial charge in [0.15, 0.2) is 46.0 Å². The van der Waals surface area contributed by atoms with Crippen molar-refractivity contribution in [3.8, 4) is 46.0 Å². The lowest BCUT2D eigenvalue weighted by Crippen LogP contribution is -2.45. The molecular formula is C48H28F6N4O8. The van der Waals surface area contributed by atoms with Crippen molar-refractivity contribution in [2.75, 3.05) is 27.2 Å². The summed E-state index contributed by atoms with van der Waals surface area (Å²) < 4.78 is 140. The molecule has 0 atom stereocenters. The highest BCUT2D eigenvalue weighted by molar-refractivity contribution is 6.56. The minimum Gasteiger partial charge on any atom is -0.454 e. The molecule has 0 saturated carbocycles. The van der Waals surface area contributed by atoms with Crippen LogP contribution in [0.5, 0.6) is 46.0 Å². The van der Waals surface area contributed by atoms with E-state index in [1.165, 1.54) is 24.3 Å². The molecule has 0 aromatic heterocycles. The standard InChI is InChI=1S/C48H28F6N4O8/c49-47(50,51)31-7-3-1-5-29(31)45(55-41(25-9-13-33-37(17-25)63-21-59-33)42(56-45)26-10-14-34-38(18-26)64-22-60-34)46(30-6-2-4-8-32(30)48(52,53)54)57-43(27-11-15-35-39(19-27)65-23-61-35)44(58-46)28-12-16-36-40(20-28)66-24-62-36/h1-20H,21-24H2. The molecular weight excluding hydrogens is 875 g/mol. The van der Waals surface area contributed by atoms with E-state index in [1.54, 1.807) is 72.8 Å². The average molecular weight is 903 g/mol. The van der Waals surface area contributed by atoms with E-state index in [4.69, 9.17) is 57.9 Å². The highest BCUT2D eigenvalue weighted by Crippen LogP contribution is 2.59. The average Bonchev–Trinajstić information content (AvgIpc) is 4.18. The van der Waals surface area contributed by atoms with E-state index in [1.807, 2.05) is 0 Å². The predicted molar refractivity (Wildman–Crippen MR) is 223 cm³/mol. The van der Waals surface area contributed by atoms with E-state index >= 15 is 26.3 Å². The van der Waals surface area contributed by atoms with Crippen molar-refractivity contribution in [1.82, 2.24) is 0 Å². The molecule has 0 fully saturated rings. The number of nitrogens with zero attached hydrogens (tertiary/aromatic N) is 4. The Morgan fingerprint density at radius 2 is 0.591 bits per heavy atom. The highest BCUT2D eigenvalue weighted by atomic mass is 19.4. The molecule has 0 radical (unpaired) electrons. The monoisotopic (exact) mass is 902 g/mol. The Morgan fingerprint density at radius 3 is 0.864 bits per heavy atom. The van der Waals surface area contributed by atoms with E-state index in [2.05, 4.69) is 0 Å². The number of hydrogen-bond donors (Lipinski definition) is 0. The fraction of sp³-hybridized carbons (Fsp3) is 0.167. The maximum atomic E-state index is 15.8. The molecule has 0 unspecified atom stereocenters. The Balaban J connectivity index is 1.25. The lowest BCUT2D eigenvalue weighted by molar-refractivity contribution is -0.141. The third kappa shape index (κ3) is 6.07. The number of halogens is 6. The molecule has 0 spiro atoms. The SMILES string of the molecule is FC(F)(F)c1ccccc1C1(C2(c3ccccc3C(F)(F)F)N=C(c3ccc4c(c3)OCO4)C(c3ccc4c(c3)OCO4)=N2)N=C(c2ccc3c(c2)OCO3)C(c2ccc3c(c2)OCO3)=N1. The summed E-state index contributed by atoms with van der Waals surface area (Å²) in [7, 11) is 0. The van der Waals surface area contributed by atoms with Crippen molar-refractivity contribution in [1.29, 1.82) is 0 Å². The van der Waals surface area contributed by atoms with Crippen molar-refractivity contribution in [2.45, 2.75) is 23.7 Å². The zero-order valence-corrected chi connectivity index (χ0v) is 33.7. The lowest BCUT2D eigenvalue weighted by atomic mass is 9.78. The summed E-state index contributed by atoms with van der Waals surface area (Å²) in [6, 6.07) is 28.0. The molecule has 6 heterocycles. The maximum Gasteiger partial charge on any atom is 0.416 e. The van der Waals surface area contributed by atoms with Gasteiger partial charge in [0.25, 0.3) is 0 Å². The van der Waals surface area contributed by atoms with Crippen LogP contribution in [0.4, 0.5) is 26.3 Å². The molecule has 12 rings (SSSR count). The zero-order valence-electron chi connectivity index (χ0n) is 33.7. The van der Waals surface area contributed by atoms with E-state index < -0.39 is 45.9 Å². The third-order valence-corrected chi connectivity index (χ3v) is 11.8. The number of rotatable bonds is 7. The predicted octanol–water partition coefficient (Wildman–Crippen LogP) is 9.63. The van der Waals surface area contributed by atoms with Crippen LogP contribution in [-0.2, 0) is 23.7 Å². The Labute approximate surface area is 369 Å². The van der Waals surface area contributed by atoms with Gasteiger partial charge in [-0.05, 0) is 84.9 Å². The molecule has 6 aromatic carbocycles. The molecule has 18 heteroatoms. The molecule has 0 saturated heterocycles. The van der Waals surface area contributed by atoms with Gasteiger partial charge in [-0.1, -0.05) is 36.4 Å². The number of alkyl halides is 6. The maximum absolute atomic E-state index is 15.8. The Morgan fingerprint density at radius 1 is 0.333 bits per heavy atom. The van der Waals surface area contributed by atoms with Gasteiger partial charge in [-0.25, -0.2) is 20.0 Å². The number of hydrogen-bond acceptors (Lipinski definition) is 12. The first kappa shape index (κ1) is 39.6. The summed E-state index contributed by atoms with van der Waals surface area (Å²) in [5.74, 6) is 2.69. The topological polar surface area (TPSA) is 123 Å². The second-order valence-electron chi connectivity index (χ2n) is 15.5. The van der Waals surface area contributed by atoms with Crippen LogP contribution in [0.3, 0.4) is 0 Å². The van der Waals surface area contributed by atoms with Gasteiger partial charge in [0, 0.05) is 33.4 Å². The number of ether oxygens (including phenoxy) is 8. The first-order chi connectivity index (χ1) is 31.9. The molecule has 6 aromatic rings. The molecule has 66 heavy (non-hydrogen) atoms. The normalized spacial score (nSPS) is 18.0. The molecule has 12 nitrogen and oxygen atoms in total. The second-order valence-corrected chi connectivity index (χ2v) is 15.5. The largest absolute Gasteiger partial charge is 0.454 e. The van der Waals surface area contributed by atoms with Gasteiger partial charge in [0.1, 0.15) is 0 Å². The van der Waals surface area contributed by atoms with Crippen molar-refractivity contribution < 1.29 is 64.2 Å². The van der Waals surface area contributed by atoms with Crippen molar-refractivity contribution >= 4 is 22.8 Å². The van der Waals surface area contributed by atoms with Crippen molar-refractivity contribution in [3.63, 3.8) is 0 Å². The first-order valence-corrected chi connectivity index (χ1v) is 20.2. The summed E-state index contributed by atoms with van der Waals surface area (Å²) in [5, 5.41) is 0. The first-order valence-electron chi connectivity index (χ1n) is 20.2. The molecule has 0 bridgehead atoms. The van der Waals surface area contributed by atoms with Gasteiger partial charge in [-0.15, -0.1) is 0 Å². The number of benzene rings is 6. The molecule has 0 N–H and O–H groups in total. The summed E-state index contributed by atoms with van der Waals surface area (Å²) in [6.07, 6.45) is -10.2. The fourth-order valence-electron chi connectivity index (χ4n) is 8.89. The summed E-state index contributed by atoms with van der Waals surface area (Å²) in [6.45, 7) is -0.431. The van der Waals surface area contributed by atoms with Gasteiger partial charge in [0.2, 0.25) is 38.5 Å². The van der Waals surface area contributed by atoms with E-state index in [9.17, 15) is 0 Å². The Hall–Kier alpha value is -8.02. The van der Waals surface area contributed by atoms with Gasteiger partial charge >= 0.3 is 12.4 Å². The van der Waals surface area contributed by atoms with Crippen LogP contribution in [0.25, 0.3) is 0 Å². The third-order valence-electron chi connectivity index (χ3n) is 11.8. The van der Waals surface area contributed by atoms with Crippen LogP contribution in [0, 0.1) is 0 Å². The zero-order chi connectivity index (χ0) is 45.0. The minimum atomic E-state index is -5.11. The van der Waals surface area contributed by atoms with E-state index in [0.29, 0.717) is 23.0 Å². The molecule has 6 aliphatic heterocycles. The van der Waals surface area contributed by atoms with Crippen LogP contribution >= 0.6 is 0 Å². The van der Waals surface area contributed by atoms with Crippen LogP contribution in [0.2, 0.25) is 0 Å². The molecule has 6 aliphatic rings. The second kappa shape index (κ2) is 14.2. The summed E-state index contributed by atoms with van der Waals surface area (Å²) >= 11 is 0. The van der Waals surface area contributed by atoms with Gasteiger partial charge in [0.05, 0.1) is 34.0 Å². The Kier molecular flexibility index (Phi) is 8.54. The summed E-state index contributed by atoms with van der Waals surface area (Å²) in [4.78, 5) is 20.8. The molecule has 0 aliphatic carbocycles. The smallest absolute Gasteiger partial charge is 0.416 e. The van der Waals surface area contributed by atoms with Crippen LogP contribution in [0.15, 0.2) is 141 Å². The van der Waals surface area contributed by atoms with Crippen molar-refractivity contribution in [3.05, 3.63) is 166 Å². The minimum absolute atomic E-state index is 0.0282. The van der Waals surface area contributed by atoms with E-state index in [0.717, 1.165) is 24.3 Å². The number of aliphatic imine (C=N–C) groups is 4. The fourth-order valence-corrected chi connectivity index (χ4v) is 8.89. The molecule has 330 valence electrons. The summed E-state index contributed by atoms with van der Waals surface area (Å²) in [5.41, 5.74) is -8.43. The van der Waals surface area contributed by atoms with E-state index in [-0.39, 0.29) is 95.3 Å². The van der Waals surface area contributed by atoms with Gasteiger partial charge < -0.3 is 37.9 Å². The van der Waals surface area contributed by atoms with Gasteiger partial charge in [-0.2, -0.15) is 26.3 Å². The van der Waals surface area contributed by atoms with Crippen molar-refractivity contribution in [2.24, 2.45) is 20.0 Å². The lowest BCUT2D eigenvalue weighted by Gasteiger charge is -2.40. The van der Waals surface area contributed by atoms with Gasteiger partial charge in [-0.3, -0.25) is 0 Å². The van der Waals surface area contributed by atoms with Crippen LogP contribution < -0.4 is 37.9 Å².